The van der Waals surface area contributed by atoms with Crippen LogP contribution in [0, 0.1) is 5.82 Å². The fourth-order valence-electron chi connectivity index (χ4n) is 3.82. The Balaban J connectivity index is 1.43. The van der Waals surface area contributed by atoms with Gasteiger partial charge in [-0.3, -0.25) is 9.69 Å². The molecule has 3 N–H and O–H groups in total. The van der Waals surface area contributed by atoms with Crippen LogP contribution in [0.2, 0.25) is 0 Å². The molecule has 0 spiro atoms. The van der Waals surface area contributed by atoms with E-state index in [1.165, 1.54) is 18.2 Å². The van der Waals surface area contributed by atoms with Crippen molar-refractivity contribution in [3.05, 3.63) is 30.1 Å². The molecule has 0 saturated carbocycles. The molecule has 1 aromatic rings. The summed E-state index contributed by atoms with van der Waals surface area (Å²) in [6.07, 6.45) is 0.771. The maximum Gasteiger partial charge on any atom is 0.243 e. The molecule has 0 unspecified atom stereocenters. The van der Waals surface area contributed by atoms with Crippen LogP contribution in [-0.4, -0.2) is 88.6 Å². The van der Waals surface area contributed by atoms with Gasteiger partial charge in [-0.1, -0.05) is 12.1 Å². The number of carbonyl (C=O) groups is 1. The fourth-order valence-corrected chi connectivity index (χ4v) is 4.94. The van der Waals surface area contributed by atoms with Crippen LogP contribution < -0.4 is 10.0 Å². The van der Waals surface area contributed by atoms with Crippen LogP contribution in [0.4, 0.5) is 4.39 Å². The summed E-state index contributed by atoms with van der Waals surface area (Å²) in [4.78, 5) is 14.0. The van der Waals surface area contributed by atoms with Crippen molar-refractivity contribution in [3.8, 4) is 0 Å². The standard InChI is InChI=1S/C20H30FN3O6S/c21-16-3-1-2-4-19(16)31(27,28)22-8-7-15-5-6-17(18(14-25)30-15)23-20(26)13-24-9-11-29-12-10-24/h1-4,15,17-18,22,25H,5-14H2,(H,23,26)/t15-,17-,18-/m1/s1. The molecule has 31 heavy (non-hydrogen) atoms. The lowest BCUT2D eigenvalue weighted by Crippen LogP contribution is -2.53. The Labute approximate surface area is 181 Å². The first kappa shape index (κ1) is 24.0. The van der Waals surface area contributed by atoms with E-state index in [9.17, 15) is 22.7 Å². The summed E-state index contributed by atoms with van der Waals surface area (Å²) >= 11 is 0. The second-order valence-electron chi connectivity index (χ2n) is 7.74. The molecule has 0 aromatic heterocycles. The topological polar surface area (TPSA) is 117 Å². The summed E-state index contributed by atoms with van der Waals surface area (Å²) in [6, 6.07) is 4.89. The van der Waals surface area contributed by atoms with E-state index in [4.69, 9.17) is 9.47 Å². The third kappa shape index (κ3) is 6.93. The molecule has 2 saturated heterocycles. The number of amides is 1. The summed E-state index contributed by atoms with van der Waals surface area (Å²) in [5.41, 5.74) is 0. The highest BCUT2D eigenvalue weighted by atomic mass is 32.2. The monoisotopic (exact) mass is 459 g/mol. The smallest absolute Gasteiger partial charge is 0.243 e. The van der Waals surface area contributed by atoms with Gasteiger partial charge in [-0.05, 0) is 31.4 Å². The number of hydrogen-bond donors (Lipinski definition) is 3. The van der Waals surface area contributed by atoms with Gasteiger partial charge in [-0.25, -0.2) is 17.5 Å². The van der Waals surface area contributed by atoms with Crippen molar-refractivity contribution in [2.75, 3.05) is 46.0 Å². The number of nitrogens with zero attached hydrogens (tertiary/aromatic N) is 1. The van der Waals surface area contributed by atoms with Gasteiger partial charge in [0.1, 0.15) is 16.8 Å². The zero-order valence-corrected chi connectivity index (χ0v) is 18.2. The van der Waals surface area contributed by atoms with Crippen LogP contribution in [0.5, 0.6) is 0 Å². The number of halogens is 1. The Kier molecular flexibility index (Phi) is 8.76. The molecule has 0 radical (unpaired) electrons. The first-order valence-corrected chi connectivity index (χ1v) is 12.0. The first-order valence-electron chi connectivity index (χ1n) is 10.5. The zero-order chi connectivity index (χ0) is 22.3. The molecule has 11 heteroatoms. The summed E-state index contributed by atoms with van der Waals surface area (Å²) < 4.78 is 51.8. The Hall–Kier alpha value is -1.63. The van der Waals surface area contributed by atoms with Gasteiger partial charge in [-0.15, -0.1) is 0 Å². The lowest BCUT2D eigenvalue weighted by molar-refractivity contribution is -0.130. The third-order valence-electron chi connectivity index (χ3n) is 5.50. The van der Waals surface area contributed by atoms with Crippen LogP contribution >= 0.6 is 0 Å². The van der Waals surface area contributed by atoms with Gasteiger partial charge in [-0.2, -0.15) is 0 Å². The third-order valence-corrected chi connectivity index (χ3v) is 6.99. The number of ether oxygens (including phenoxy) is 2. The highest BCUT2D eigenvalue weighted by Gasteiger charge is 2.32. The molecule has 3 atom stereocenters. The molecule has 2 fully saturated rings. The highest BCUT2D eigenvalue weighted by Crippen LogP contribution is 2.22. The Morgan fingerprint density at radius 3 is 2.68 bits per heavy atom. The average Bonchev–Trinajstić information content (AvgIpc) is 2.75. The Bertz CT molecular complexity index is 834. The van der Waals surface area contributed by atoms with Crippen molar-refractivity contribution in [3.63, 3.8) is 0 Å². The van der Waals surface area contributed by atoms with Crippen molar-refractivity contribution < 1.29 is 32.2 Å². The number of morpholine rings is 1. The Morgan fingerprint density at radius 1 is 1.23 bits per heavy atom. The van der Waals surface area contributed by atoms with E-state index in [2.05, 4.69) is 10.0 Å². The molecule has 3 rings (SSSR count). The lowest BCUT2D eigenvalue weighted by atomic mass is 9.97. The quantitative estimate of drug-likeness (QED) is 0.470. The average molecular weight is 460 g/mol. The number of hydrogen-bond acceptors (Lipinski definition) is 7. The molecule has 2 aliphatic heterocycles. The van der Waals surface area contributed by atoms with Gasteiger partial charge in [0.2, 0.25) is 15.9 Å². The van der Waals surface area contributed by atoms with Crippen molar-refractivity contribution in [1.29, 1.82) is 0 Å². The van der Waals surface area contributed by atoms with Gasteiger partial charge in [0.15, 0.2) is 0 Å². The second-order valence-corrected chi connectivity index (χ2v) is 9.47. The van der Waals surface area contributed by atoms with Gasteiger partial charge in [0.25, 0.3) is 0 Å². The number of nitrogens with one attached hydrogen (secondary N) is 2. The zero-order valence-electron chi connectivity index (χ0n) is 17.3. The van der Waals surface area contributed by atoms with Crippen molar-refractivity contribution in [2.45, 2.75) is 42.4 Å². The predicted molar refractivity (Wildman–Crippen MR) is 110 cm³/mol. The van der Waals surface area contributed by atoms with E-state index in [0.717, 1.165) is 6.07 Å². The molecule has 2 heterocycles. The minimum Gasteiger partial charge on any atom is -0.394 e. The molecule has 9 nitrogen and oxygen atoms in total. The number of aliphatic hydroxyl groups is 1. The van der Waals surface area contributed by atoms with E-state index >= 15 is 0 Å². The number of carbonyl (C=O) groups excluding carboxylic acids is 1. The summed E-state index contributed by atoms with van der Waals surface area (Å²) in [5, 5.41) is 12.6. The van der Waals surface area contributed by atoms with Crippen LogP contribution in [0.25, 0.3) is 0 Å². The Morgan fingerprint density at radius 2 is 1.97 bits per heavy atom. The molecule has 0 aliphatic carbocycles. The molecule has 0 bridgehead atoms. The number of aliphatic hydroxyl groups excluding tert-OH is 1. The largest absolute Gasteiger partial charge is 0.394 e. The molecule has 1 aromatic carbocycles. The number of benzene rings is 1. The second kappa shape index (κ2) is 11.3. The highest BCUT2D eigenvalue weighted by molar-refractivity contribution is 7.89. The van der Waals surface area contributed by atoms with Crippen LogP contribution in [0.1, 0.15) is 19.3 Å². The van der Waals surface area contributed by atoms with E-state index in [-0.39, 0.29) is 37.7 Å². The molecule has 174 valence electrons. The van der Waals surface area contributed by atoms with Gasteiger partial charge in [0.05, 0.1) is 38.5 Å². The minimum atomic E-state index is -3.95. The van der Waals surface area contributed by atoms with Crippen molar-refractivity contribution >= 4 is 15.9 Å². The van der Waals surface area contributed by atoms with E-state index in [1.807, 2.05) is 4.90 Å². The summed E-state index contributed by atoms with van der Waals surface area (Å²) in [7, 11) is -3.95. The molecular formula is C20H30FN3O6S. The van der Waals surface area contributed by atoms with Crippen LogP contribution in [0.3, 0.4) is 0 Å². The number of rotatable bonds is 9. The SMILES string of the molecule is O=C(CN1CCOCC1)N[C@@H]1CC[C@H](CCNS(=O)(=O)c2ccccc2F)O[C@@H]1CO. The maximum atomic E-state index is 13.7. The van der Waals surface area contributed by atoms with Gasteiger partial charge >= 0.3 is 0 Å². The molecular weight excluding hydrogens is 429 g/mol. The molecule has 1 amide bonds. The minimum absolute atomic E-state index is 0.0769. The fraction of sp³-hybridized carbons (Fsp3) is 0.650. The normalized spacial score (nSPS) is 25.3. The van der Waals surface area contributed by atoms with Gasteiger partial charge < -0.3 is 19.9 Å². The number of sulfonamides is 1. The van der Waals surface area contributed by atoms with Crippen molar-refractivity contribution in [2.24, 2.45) is 0 Å². The van der Waals surface area contributed by atoms with E-state index in [1.54, 1.807) is 0 Å². The van der Waals surface area contributed by atoms with Crippen LogP contribution in [0.15, 0.2) is 29.2 Å². The maximum absolute atomic E-state index is 13.7. The van der Waals surface area contributed by atoms with E-state index < -0.39 is 26.8 Å². The predicted octanol–water partition coefficient (Wildman–Crippen LogP) is -0.149. The van der Waals surface area contributed by atoms with Gasteiger partial charge in [0, 0.05) is 19.6 Å². The summed E-state index contributed by atoms with van der Waals surface area (Å²) in [5.74, 6) is -0.926. The first-order chi connectivity index (χ1) is 14.9. The summed E-state index contributed by atoms with van der Waals surface area (Å²) in [6.45, 7) is 2.75. The van der Waals surface area contributed by atoms with E-state index in [0.29, 0.717) is 45.6 Å². The lowest BCUT2D eigenvalue weighted by Gasteiger charge is -2.36. The van der Waals surface area contributed by atoms with Crippen LogP contribution in [-0.2, 0) is 24.3 Å². The van der Waals surface area contributed by atoms with Crippen molar-refractivity contribution in [1.82, 2.24) is 14.9 Å². The molecule has 2 aliphatic rings.